The topological polar surface area (TPSA) is 31.0 Å². The lowest BCUT2D eigenvalue weighted by molar-refractivity contribution is 0.499. The van der Waals surface area contributed by atoms with Crippen LogP contribution >= 0.6 is 12.2 Å². The Morgan fingerprint density at radius 1 is 1.31 bits per heavy atom. The van der Waals surface area contributed by atoms with Crippen molar-refractivity contribution in [1.29, 1.82) is 0 Å². The molecule has 0 fully saturated rings. The highest BCUT2D eigenvalue weighted by molar-refractivity contribution is 7.71. The average molecular weight is 234 g/mol. The van der Waals surface area contributed by atoms with Gasteiger partial charge in [-0.2, -0.15) is 0 Å². The van der Waals surface area contributed by atoms with Gasteiger partial charge in [-0.25, -0.2) is 4.68 Å². The van der Waals surface area contributed by atoms with Gasteiger partial charge in [-0.15, -0.1) is 5.10 Å². The molecule has 0 bridgehead atoms. The van der Waals surface area contributed by atoms with E-state index < -0.39 is 0 Å². The number of benzene rings is 1. The minimum absolute atomic E-state index is 0.451. The molecule has 0 aliphatic carbocycles. The number of aryl methyl sites for hydroxylation is 1. The van der Waals surface area contributed by atoms with Crippen LogP contribution in [0.25, 0.3) is 11.5 Å². The van der Waals surface area contributed by atoms with Crippen LogP contribution in [-0.4, -0.2) is 9.78 Å². The zero-order chi connectivity index (χ0) is 11.4. The summed E-state index contributed by atoms with van der Waals surface area (Å²) < 4.78 is 7.22. The molecule has 2 rings (SSSR count). The van der Waals surface area contributed by atoms with Crippen molar-refractivity contribution in [3.63, 3.8) is 0 Å². The zero-order valence-electron chi connectivity index (χ0n) is 9.22. The summed E-state index contributed by atoms with van der Waals surface area (Å²) in [6.07, 6.45) is 2.18. The van der Waals surface area contributed by atoms with Crippen LogP contribution in [0.15, 0.2) is 34.7 Å². The van der Waals surface area contributed by atoms with E-state index in [0.717, 1.165) is 24.9 Å². The third-order valence-electron chi connectivity index (χ3n) is 2.35. The van der Waals surface area contributed by atoms with Crippen LogP contribution in [-0.2, 0) is 6.54 Å². The Balaban J connectivity index is 2.28. The van der Waals surface area contributed by atoms with E-state index in [2.05, 4.69) is 12.0 Å². The van der Waals surface area contributed by atoms with Gasteiger partial charge in [-0.3, -0.25) is 0 Å². The molecule has 16 heavy (non-hydrogen) atoms. The highest BCUT2D eigenvalue weighted by atomic mass is 32.1. The first-order chi connectivity index (χ1) is 7.81. The summed E-state index contributed by atoms with van der Waals surface area (Å²) in [6.45, 7) is 2.97. The van der Waals surface area contributed by atoms with Gasteiger partial charge in [0, 0.05) is 12.1 Å². The van der Waals surface area contributed by atoms with Crippen molar-refractivity contribution < 1.29 is 4.42 Å². The molecule has 0 spiro atoms. The first-order valence-corrected chi connectivity index (χ1v) is 5.85. The molecule has 0 radical (unpaired) electrons. The van der Waals surface area contributed by atoms with Crippen molar-refractivity contribution in [2.75, 3.05) is 0 Å². The van der Waals surface area contributed by atoms with Crippen molar-refractivity contribution in [2.45, 2.75) is 26.3 Å². The van der Waals surface area contributed by atoms with Gasteiger partial charge in [-0.1, -0.05) is 31.5 Å². The lowest BCUT2D eigenvalue weighted by atomic mass is 10.2. The average Bonchev–Trinajstić information content (AvgIpc) is 2.69. The normalized spacial score (nSPS) is 10.6. The Morgan fingerprint density at radius 2 is 2.06 bits per heavy atom. The molecule has 0 atom stereocenters. The highest BCUT2D eigenvalue weighted by Crippen LogP contribution is 2.17. The van der Waals surface area contributed by atoms with Crippen molar-refractivity contribution in [3.8, 4) is 11.5 Å². The third-order valence-corrected chi connectivity index (χ3v) is 2.64. The van der Waals surface area contributed by atoms with Gasteiger partial charge in [0.2, 0.25) is 5.89 Å². The van der Waals surface area contributed by atoms with Crippen molar-refractivity contribution >= 4 is 12.2 Å². The molecular formula is C12H14N2OS. The van der Waals surface area contributed by atoms with E-state index in [9.17, 15) is 0 Å². The quantitative estimate of drug-likeness (QED) is 0.756. The SMILES string of the molecule is CCCCn1nc(-c2ccccc2)oc1=S. The van der Waals surface area contributed by atoms with E-state index in [1.54, 1.807) is 4.68 Å². The maximum Gasteiger partial charge on any atom is 0.287 e. The molecule has 4 heteroatoms. The summed E-state index contributed by atoms with van der Waals surface area (Å²) in [4.78, 5) is 0.451. The van der Waals surface area contributed by atoms with Crippen LogP contribution in [0.3, 0.4) is 0 Å². The van der Waals surface area contributed by atoms with Crippen molar-refractivity contribution in [1.82, 2.24) is 9.78 Å². The summed E-state index contributed by atoms with van der Waals surface area (Å²) in [7, 11) is 0. The molecule has 3 nitrogen and oxygen atoms in total. The molecule has 0 aliphatic heterocycles. The minimum Gasteiger partial charge on any atom is -0.409 e. The van der Waals surface area contributed by atoms with Gasteiger partial charge >= 0.3 is 0 Å². The number of aromatic nitrogens is 2. The van der Waals surface area contributed by atoms with Crippen LogP contribution in [0, 0.1) is 4.84 Å². The van der Waals surface area contributed by atoms with Crippen LogP contribution < -0.4 is 0 Å². The number of hydrogen-bond donors (Lipinski definition) is 0. The highest BCUT2D eigenvalue weighted by Gasteiger charge is 2.06. The van der Waals surface area contributed by atoms with Gasteiger partial charge in [0.1, 0.15) is 0 Å². The Morgan fingerprint density at radius 3 is 2.75 bits per heavy atom. The summed E-state index contributed by atoms with van der Waals surface area (Å²) in [5.74, 6) is 0.599. The largest absolute Gasteiger partial charge is 0.409 e. The van der Waals surface area contributed by atoms with E-state index in [1.807, 2.05) is 30.3 Å². The minimum atomic E-state index is 0.451. The second kappa shape index (κ2) is 5.07. The molecule has 0 aliphatic rings. The lowest BCUT2D eigenvalue weighted by Gasteiger charge is -1.95. The fraction of sp³-hybridized carbons (Fsp3) is 0.333. The first-order valence-electron chi connectivity index (χ1n) is 5.44. The Kier molecular flexibility index (Phi) is 3.51. The monoisotopic (exact) mass is 234 g/mol. The summed E-state index contributed by atoms with van der Waals surface area (Å²) in [5, 5.41) is 4.36. The van der Waals surface area contributed by atoms with Crippen molar-refractivity contribution in [3.05, 3.63) is 35.2 Å². The van der Waals surface area contributed by atoms with E-state index in [-0.39, 0.29) is 0 Å². The standard InChI is InChI=1S/C12H14N2OS/c1-2-3-9-14-12(16)15-11(13-14)10-7-5-4-6-8-10/h4-8H,2-3,9H2,1H3. The van der Waals surface area contributed by atoms with Gasteiger partial charge < -0.3 is 4.42 Å². The molecule has 84 valence electrons. The maximum atomic E-state index is 5.46. The number of rotatable bonds is 4. The lowest BCUT2D eigenvalue weighted by Crippen LogP contribution is -1.99. The molecular weight excluding hydrogens is 220 g/mol. The number of unbranched alkanes of at least 4 members (excludes halogenated alkanes) is 1. The van der Waals surface area contributed by atoms with Gasteiger partial charge in [0.15, 0.2) is 0 Å². The van der Waals surface area contributed by atoms with Crippen LogP contribution in [0.2, 0.25) is 0 Å². The predicted molar refractivity (Wildman–Crippen MR) is 65.7 cm³/mol. The van der Waals surface area contributed by atoms with E-state index >= 15 is 0 Å². The smallest absolute Gasteiger partial charge is 0.287 e. The van der Waals surface area contributed by atoms with E-state index in [4.69, 9.17) is 16.6 Å². The molecule has 1 aromatic carbocycles. The Labute approximate surface area is 99.7 Å². The molecule has 1 heterocycles. The van der Waals surface area contributed by atoms with Crippen LogP contribution in [0.1, 0.15) is 19.8 Å². The van der Waals surface area contributed by atoms with Crippen molar-refractivity contribution in [2.24, 2.45) is 0 Å². The summed E-state index contributed by atoms with van der Waals surface area (Å²) >= 11 is 5.12. The van der Waals surface area contributed by atoms with Crippen LogP contribution in [0.4, 0.5) is 0 Å². The Hall–Kier alpha value is -1.42. The second-order valence-electron chi connectivity index (χ2n) is 3.62. The van der Waals surface area contributed by atoms with Gasteiger partial charge in [0.05, 0.1) is 0 Å². The zero-order valence-corrected chi connectivity index (χ0v) is 10.0. The molecule has 2 aromatic rings. The molecule has 0 saturated carbocycles. The molecule has 0 saturated heterocycles. The maximum absolute atomic E-state index is 5.46. The van der Waals surface area contributed by atoms with Crippen LogP contribution in [0.5, 0.6) is 0 Å². The number of nitrogens with zero attached hydrogens (tertiary/aromatic N) is 2. The molecule has 1 aromatic heterocycles. The molecule has 0 N–H and O–H groups in total. The predicted octanol–water partition coefficient (Wildman–Crippen LogP) is 3.67. The van der Waals surface area contributed by atoms with Gasteiger partial charge in [-0.05, 0) is 30.8 Å². The number of hydrogen-bond acceptors (Lipinski definition) is 3. The van der Waals surface area contributed by atoms with Gasteiger partial charge in [0.25, 0.3) is 4.84 Å². The molecule has 0 unspecified atom stereocenters. The van der Waals surface area contributed by atoms with E-state index in [1.165, 1.54) is 0 Å². The summed E-state index contributed by atoms with van der Waals surface area (Å²) in [5.41, 5.74) is 0.962. The first kappa shape index (κ1) is 11.1. The fourth-order valence-electron chi connectivity index (χ4n) is 1.45. The third kappa shape index (κ3) is 2.39. The second-order valence-corrected chi connectivity index (χ2v) is 3.97. The fourth-order valence-corrected chi connectivity index (χ4v) is 1.66. The Bertz CT molecular complexity index is 501. The summed E-state index contributed by atoms with van der Waals surface area (Å²) in [6, 6.07) is 9.81. The van der Waals surface area contributed by atoms with E-state index in [0.29, 0.717) is 10.7 Å². The molecule has 0 amide bonds.